The van der Waals surface area contributed by atoms with E-state index in [1.54, 1.807) is 0 Å². The summed E-state index contributed by atoms with van der Waals surface area (Å²) in [5.41, 5.74) is 0. The fraction of sp³-hybridized carbons (Fsp3) is 0.556. The molecule has 0 saturated carbocycles. The first-order valence-corrected chi connectivity index (χ1v) is 8.75. The molecule has 0 aliphatic rings. The van der Waals surface area contributed by atoms with Crippen molar-refractivity contribution >= 4 is 48.7 Å². The van der Waals surface area contributed by atoms with Gasteiger partial charge in [0, 0.05) is 22.2 Å². The van der Waals surface area contributed by atoms with Crippen LogP contribution in [0.2, 0.25) is 4.34 Å². The van der Waals surface area contributed by atoms with Crippen molar-refractivity contribution in [2.45, 2.75) is 13.0 Å². The lowest BCUT2D eigenvalue weighted by molar-refractivity contribution is 0.594. The molecule has 92 valence electrons. The molecule has 0 aliphatic carbocycles. The van der Waals surface area contributed by atoms with E-state index in [9.17, 15) is 8.42 Å². The lowest BCUT2D eigenvalue weighted by Crippen LogP contribution is -2.17. The second kappa shape index (κ2) is 6.35. The minimum atomic E-state index is -2.84. The van der Waals surface area contributed by atoms with Gasteiger partial charge in [-0.25, -0.2) is 8.42 Å². The monoisotopic (exact) mass is 345 g/mol. The van der Waals surface area contributed by atoms with Crippen LogP contribution in [0.3, 0.4) is 0 Å². The number of thiophene rings is 1. The molecule has 0 aliphatic heterocycles. The van der Waals surface area contributed by atoms with E-state index in [4.69, 9.17) is 11.6 Å². The number of hydrogen-bond donors (Lipinski definition) is 1. The molecule has 1 aromatic rings. The molecule has 0 atom stereocenters. The van der Waals surface area contributed by atoms with E-state index >= 15 is 0 Å². The summed E-state index contributed by atoms with van der Waals surface area (Å²) < 4.78 is 23.4. The van der Waals surface area contributed by atoms with Crippen molar-refractivity contribution in [2.24, 2.45) is 0 Å². The van der Waals surface area contributed by atoms with Crippen molar-refractivity contribution < 1.29 is 8.42 Å². The largest absolute Gasteiger partial charge is 0.312 e. The Labute approximate surface area is 113 Å². The second-order valence-electron chi connectivity index (χ2n) is 3.49. The first-order valence-electron chi connectivity index (χ1n) is 4.70. The summed E-state index contributed by atoms with van der Waals surface area (Å²) in [6.07, 6.45) is 1.89. The average Bonchev–Trinajstić information content (AvgIpc) is 2.44. The van der Waals surface area contributed by atoms with E-state index in [0.717, 1.165) is 20.2 Å². The number of halogens is 2. The highest BCUT2D eigenvalue weighted by Crippen LogP contribution is 2.31. The third-order valence-electron chi connectivity index (χ3n) is 1.86. The minimum Gasteiger partial charge on any atom is -0.312 e. The molecular formula is C9H13BrClNO2S2. The normalized spacial score (nSPS) is 11.9. The van der Waals surface area contributed by atoms with Gasteiger partial charge in [0.2, 0.25) is 0 Å². The molecule has 1 heterocycles. The van der Waals surface area contributed by atoms with Crippen LogP contribution in [0.25, 0.3) is 0 Å². The van der Waals surface area contributed by atoms with Gasteiger partial charge < -0.3 is 5.32 Å². The van der Waals surface area contributed by atoms with Crippen molar-refractivity contribution in [3.05, 3.63) is 19.8 Å². The van der Waals surface area contributed by atoms with Crippen LogP contribution in [0.5, 0.6) is 0 Å². The standard InChI is InChI=1S/C9H13BrClNO2S2/c1-16(13,14)4-2-3-12-6-7-5-8(10)9(11)15-7/h5,12H,2-4,6H2,1H3. The van der Waals surface area contributed by atoms with Crippen LogP contribution in [0.1, 0.15) is 11.3 Å². The minimum absolute atomic E-state index is 0.231. The molecule has 0 spiro atoms. The van der Waals surface area contributed by atoms with Gasteiger partial charge in [-0.3, -0.25) is 0 Å². The summed E-state index contributed by atoms with van der Waals surface area (Å²) in [6.45, 7) is 1.42. The Bertz CT molecular complexity index is 425. The van der Waals surface area contributed by atoms with Crippen LogP contribution in [-0.4, -0.2) is 27.0 Å². The van der Waals surface area contributed by atoms with Crippen molar-refractivity contribution in [2.75, 3.05) is 18.6 Å². The lowest BCUT2D eigenvalue weighted by Gasteiger charge is -2.01. The molecule has 16 heavy (non-hydrogen) atoms. The first kappa shape index (κ1) is 14.4. The summed E-state index contributed by atoms with van der Waals surface area (Å²) in [4.78, 5) is 1.14. The highest BCUT2D eigenvalue weighted by Gasteiger charge is 2.04. The third-order valence-corrected chi connectivity index (χ3v) is 5.37. The van der Waals surface area contributed by atoms with Crippen LogP contribution < -0.4 is 5.32 Å². The molecule has 7 heteroatoms. The van der Waals surface area contributed by atoms with Crippen LogP contribution >= 0.6 is 38.9 Å². The Hall–Kier alpha value is 0.380. The Kier molecular flexibility index (Phi) is 5.73. The maximum absolute atomic E-state index is 10.9. The molecule has 0 fully saturated rings. The third kappa shape index (κ3) is 5.63. The number of sulfone groups is 1. The van der Waals surface area contributed by atoms with E-state index < -0.39 is 9.84 Å². The molecular weight excluding hydrogens is 334 g/mol. The van der Waals surface area contributed by atoms with Gasteiger partial charge >= 0.3 is 0 Å². The lowest BCUT2D eigenvalue weighted by atomic mass is 10.4. The van der Waals surface area contributed by atoms with Gasteiger partial charge in [0.15, 0.2) is 0 Å². The van der Waals surface area contributed by atoms with E-state index in [2.05, 4.69) is 21.2 Å². The van der Waals surface area contributed by atoms with Gasteiger partial charge in [0.1, 0.15) is 14.2 Å². The van der Waals surface area contributed by atoms with Gasteiger partial charge in [0.25, 0.3) is 0 Å². The smallest absolute Gasteiger partial charge is 0.147 e. The Morgan fingerprint density at radius 2 is 2.25 bits per heavy atom. The topological polar surface area (TPSA) is 46.2 Å². The zero-order valence-electron chi connectivity index (χ0n) is 8.79. The maximum atomic E-state index is 10.9. The maximum Gasteiger partial charge on any atom is 0.147 e. The molecule has 1 aromatic heterocycles. The molecule has 1 rings (SSSR count). The van der Waals surface area contributed by atoms with Crippen LogP contribution in [0.4, 0.5) is 0 Å². The van der Waals surface area contributed by atoms with Crippen molar-refractivity contribution in [1.82, 2.24) is 5.32 Å². The second-order valence-corrected chi connectivity index (χ2v) is 8.35. The summed E-state index contributed by atoms with van der Waals surface area (Å²) in [5.74, 6) is 0.231. The highest BCUT2D eigenvalue weighted by atomic mass is 79.9. The van der Waals surface area contributed by atoms with Crippen molar-refractivity contribution in [3.63, 3.8) is 0 Å². The number of hydrogen-bond acceptors (Lipinski definition) is 4. The Balaban J connectivity index is 2.21. The van der Waals surface area contributed by atoms with Crippen LogP contribution in [-0.2, 0) is 16.4 Å². The fourth-order valence-corrected chi connectivity index (χ4v) is 3.58. The zero-order valence-corrected chi connectivity index (χ0v) is 12.8. The summed E-state index contributed by atoms with van der Waals surface area (Å²) in [6, 6.07) is 1.97. The molecule has 0 bridgehead atoms. The summed E-state index contributed by atoms with van der Waals surface area (Å²) in [7, 11) is -2.84. The van der Waals surface area contributed by atoms with E-state index in [1.807, 2.05) is 6.07 Å². The van der Waals surface area contributed by atoms with E-state index in [1.165, 1.54) is 17.6 Å². The molecule has 3 nitrogen and oxygen atoms in total. The van der Waals surface area contributed by atoms with Crippen LogP contribution in [0, 0.1) is 0 Å². The van der Waals surface area contributed by atoms with Gasteiger partial charge in [-0.2, -0.15) is 0 Å². The first-order chi connectivity index (χ1) is 7.38. The SMILES string of the molecule is CS(=O)(=O)CCCNCc1cc(Br)c(Cl)s1. The predicted octanol–water partition coefficient (Wildman–Crippen LogP) is 2.69. The number of nitrogens with one attached hydrogen (secondary N) is 1. The van der Waals surface area contributed by atoms with E-state index in [-0.39, 0.29) is 5.75 Å². The molecule has 0 amide bonds. The average molecular weight is 347 g/mol. The number of rotatable bonds is 6. The zero-order chi connectivity index (χ0) is 12.2. The molecule has 1 N–H and O–H groups in total. The quantitative estimate of drug-likeness (QED) is 0.806. The summed E-state index contributed by atoms with van der Waals surface area (Å²) >= 11 is 10.7. The molecule has 0 aromatic carbocycles. The Morgan fingerprint density at radius 3 is 2.75 bits per heavy atom. The van der Waals surface area contributed by atoms with Gasteiger partial charge in [-0.15, -0.1) is 11.3 Å². The van der Waals surface area contributed by atoms with Crippen molar-refractivity contribution in [3.8, 4) is 0 Å². The highest BCUT2D eigenvalue weighted by molar-refractivity contribution is 9.10. The van der Waals surface area contributed by atoms with Gasteiger partial charge in [0.05, 0.1) is 5.75 Å². The molecule has 0 unspecified atom stereocenters. The molecule has 0 radical (unpaired) electrons. The Morgan fingerprint density at radius 1 is 1.56 bits per heavy atom. The van der Waals surface area contributed by atoms with E-state index in [0.29, 0.717) is 13.0 Å². The van der Waals surface area contributed by atoms with Gasteiger partial charge in [-0.05, 0) is 35.0 Å². The molecule has 0 saturated heterocycles. The fourth-order valence-electron chi connectivity index (χ4n) is 1.15. The van der Waals surface area contributed by atoms with Crippen molar-refractivity contribution in [1.29, 1.82) is 0 Å². The van der Waals surface area contributed by atoms with Gasteiger partial charge in [-0.1, -0.05) is 11.6 Å². The summed E-state index contributed by atoms with van der Waals surface area (Å²) in [5, 5.41) is 3.18. The van der Waals surface area contributed by atoms with Crippen LogP contribution in [0.15, 0.2) is 10.5 Å². The predicted molar refractivity (Wildman–Crippen MR) is 73.1 cm³/mol.